The van der Waals surface area contributed by atoms with Crippen LogP contribution in [0, 0.1) is 0 Å². The summed E-state index contributed by atoms with van der Waals surface area (Å²) in [5.41, 5.74) is 2.88. The molecule has 0 radical (unpaired) electrons. The van der Waals surface area contributed by atoms with Crippen LogP contribution < -0.4 is 0 Å². The van der Waals surface area contributed by atoms with Crippen molar-refractivity contribution in [2.24, 2.45) is 0 Å². The average molecular weight is 284 g/mol. The van der Waals surface area contributed by atoms with Crippen LogP contribution in [-0.2, 0) is 5.41 Å². The van der Waals surface area contributed by atoms with Crippen molar-refractivity contribution in [1.82, 2.24) is 20.1 Å². The van der Waals surface area contributed by atoms with E-state index in [0.717, 1.165) is 23.5 Å². The summed E-state index contributed by atoms with van der Waals surface area (Å²) in [6, 6.07) is 4.09. The molecule has 0 amide bonds. The molecule has 0 saturated heterocycles. The molecule has 4 rings (SSSR count). The molecule has 100 valence electrons. The largest absolute Gasteiger partial charge is 0.333 e. The Morgan fingerprint density at radius 1 is 1.15 bits per heavy atom. The van der Waals surface area contributed by atoms with E-state index < -0.39 is 0 Å². The van der Waals surface area contributed by atoms with Gasteiger partial charge < -0.3 is 4.52 Å². The van der Waals surface area contributed by atoms with E-state index in [1.165, 1.54) is 23.3 Å². The molecule has 1 aliphatic carbocycles. The number of nitrogens with zero attached hydrogens (tertiary/aromatic N) is 4. The second-order valence-corrected chi connectivity index (χ2v) is 5.85. The van der Waals surface area contributed by atoms with Gasteiger partial charge in [0.25, 0.3) is 5.89 Å². The summed E-state index contributed by atoms with van der Waals surface area (Å²) in [5.74, 6) is 1.33. The molecule has 0 bridgehead atoms. The maximum absolute atomic E-state index is 5.41. The van der Waals surface area contributed by atoms with Gasteiger partial charge in [-0.3, -0.25) is 9.97 Å². The van der Waals surface area contributed by atoms with Gasteiger partial charge in [0.15, 0.2) is 5.82 Å². The first kappa shape index (κ1) is 11.7. The summed E-state index contributed by atoms with van der Waals surface area (Å²) in [5, 5.41) is 4.22. The van der Waals surface area contributed by atoms with E-state index in [1.807, 2.05) is 24.5 Å². The number of hydrogen-bond donors (Lipinski definition) is 0. The summed E-state index contributed by atoms with van der Waals surface area (Å²) >= 11 is 1.50. The first-order valence-electron chi connectivity index (χ1n) is 6.52. The third-order valence-electron chi connectivity index (χ3n) is 3.94. The molecule has 3 heterocycles. The fraction of sp³-hybridized carbons (Fsp3) is 0.286. The van der Waals surface area contributed by atoms with Gasteiger partial charge in [-0.05, 0) is 30.5 Å². The van der Waals surface area contributed by atoms with Crippen molar-refractivity contribution in [2.45, 2.75) is 24.7 Å². The van der Waals surface area contributed by atoms with Crippen molar-refractivity contribution >= 4 is 11.3 Å². The van der Waals surface area contributed by atoms with Gasteiger partial charge in [0.05, 0.1) is 17.1 Å². The SMILES string of the molecule is c1cc(C2(c3noc(-c4cncs4)n3)CCC2)ccn1. The molecule has 3 aromatic heterocycles. The zero-order valence-corrected chi connectivity index (χ0v) is 11.5. The topological polar surface area (TPSA) is 64.7 Å². The van der Waals surface area contributed by atoms with Crippen LogP contribution in [0.15, 0.2) is 40.8 Å². The van der Waals surface area contributed by atoms with Crippen molar-refractivity contribution in [3.8, 4) is 10.8 Å². The monoisotopic (exact) mass is 284 g/mol. The Bertz CT molecular complexity index is 704. The number of aromatic nitrogens is 4. The molecular weight excluding hydrogens is 272 g/mol. The number of hydrogen-bond acceptors (Lipinski definition) is 6. The lowest BCUT2D eigenvalue weighted by molar-refractivity contribution is 0.273. The number of thiazole rings is 1. The fourth-order valence-electron chi connectivity index (χ4n) is 2.68. The van der Waals surface area contributed by atoms with Crippen LogP contribution >= 0.6 is 11.3 Å². The summed E-state index contributed by atoms with van der Waals surface area (Å²) in [6.45, 7) is 0. The van der Waals surface area contributed by atoms with E-state index >= 15 is 0 Å². The van der Waals surface area contributed by atoms with Gasteiger partial charge in [0.2, 0.25) is 0 Å². The Kier molecular flexibility index (Phi) is 2.63. The molecule has 0 spiro atoms. The maximum Gasteiger partial charge on any atom is 0.269 e. The molecule has 0 N–H and O–H groups in total. The molecule has 0 atom stereocenters. The van der Waals surface area contributed by atoms with Gasteiger partial charge in [0.1, 0.15) is 4.88 Å². The predicted octanol–water partition coefficient (Wildman–Crippen LogP) is 3.06. The van der Waals surface area contributed by atoms with Crippen molar-refractivity contribution in [3.05, 3.63) is 47.6 Å². The molecule has 1 aliphatic rings. The second kappa shape index (κ2) is 4.49. The standard InChI is InChI=1S/C14H12N4OS/c1-4-14(5-1,10-2-6-15-7-3-10)13-17-12(19-18-13)11-8-16-9-20-11/h2-3,6-9H,1,4-5H2. The lowest BCUT2D eigenvalue weighted by atomic mass is 9.64. The average Bonchev–Trinajstić information content (AvgIpc) is 3.09. The quantitative estimate of drug-likeness (QED) is 0.739. The van der Waals surface area contributed by atoms with Gasteiger partial charge >= 0.3 is 0 Å². The van der Waals surface area contributed by atoms with E-state index in [-0.39, 0.29) is 5.41 Å². The van der Waals surface area contributed by atoms with Crippen LogP contribution in [0.2, 0.25) is 0 Å². The minimum atomic E-state index is -0.102. The molecule has 6 heteroatoms. The van der Waals surface area contributed by atoms with Gasteiger partial charge in [-0.2, -0.15) is 4.98 Å². The molecule has 5 nitrogen and oxygen atoms in total. The first-order chi connectivity index (χ1) is 9.88. The summed E-state index contributed by atoms with van der Waals surface area (Å²) in [7, 11) is 0. The number of pyridine rings is 1. The molecule has 3 aromatic rings. The van der Waals surface area contributed by atoms with E-state index in [1.54, 1.807) is 11.7 Å². The third kappa shape index (κ3) is 1.68. The van der Waals surface area contributed by atoms with Crippen molar-refractivity contribution in [1.29, 1.82) is 0 Å². The normalized spacial score (nSPS) is 16.8. The van der Waals surface area contributed by atoms with Crippen LogP contribution in [-0.4, -0.2) is 20.1 Å². The minimum absolute atomic E-state index is 0.102. The van der Waals surface area contributed by atoms with Crippen molar-refractivity contribution in [3.63, 3.8) is 0 Å². The molecular formula is C14H12N4OS. The van der Waals surface area contributed by atoms with Gasteiger partial charge in [-0.15, -0.1) is 11.3 Å². The molecule has 0 aliphatic heterocycles. The zero-order chi connectivity index (χ0) is 13.4. The lowest BCUT2D eigenvalue weighted by Crippen LogP contribution is -2.36. The van der Waals surface area contributed by atoms with E-state index in [0.29, 0.717) is 5.89 Å². The first-order valence-corrected chi connectivity index (χ1v) is 7.40. The van der Waals surface area contributed by atoms with Crippen LogP contribution in [0.4, 0.5) is 0 Å². The lowest BCUT2D eigenvalue weighted by Gasteiger charge is -2.39. The Morgan fingerprint density at radius 3 is 2.65 bits per heavy atom. The summed E-state index contributed by atoms with van der Waals surface area (Å²) in [6.07, 6.45) is 8.69. The van der Waals surface area contributed by atoms with Crippen LogP contribution in [0.5, 0.6) is 0 Å². The zero-order valence-electron chi connectivity index (χ0n) is 10.7. The second-order valence-electron chi connectivity index (χ2n) is 4.96. The Hall–Kier alpha value is -2.08. The predicted molar refractivity (Wildman–Crippen MR) is 74.3 cm³/mol. The summed E-state index contributed by atoms with van der Waals surface area (Å²) < 4.78 is 5.41. The summed E-state index contributed by atoms with van der Waals surface area (Å²) in [4.78, 5) is 13.6. The van der Waals surface area contributed by atoms with Gasteiger partial charge in [-0.1, -0.05) is 11.6 Å². The minimum Gasteiger partial charge on any atom is -0.333 e. The van der Waals surface area contributed by atoms with Gasteiger partial charge in [0, 0.05) is 12.4 Å². The highest BCUT2D eigenvalue weighted by Gasteiger charge is 2.44. The Labute approximate surface area is 119 Å². The van der Waals surface area contributed by atoms with Crippen LogP contribution in [0.1, 0.15) is 30.7 Å². The van der Waals surface area contributed by atoms with Crippen molar-refractivity contribution in [2.75, 3.05) is 0 Å². The highest BCUT2D eigenvalue weighted by atomic mass is 32.1. The van der Waals surface area contributed by atoms with Crippen molar-refractivity contribution < 1.29 is 4.52 Å². The van der Waals surface area contributed by atoms with E-state index in [2.05, 4.69) is 20.1 Å². The molecule has 0 aromatic carbocycles. The highest BCUT2D eigenvalue weighted by Crippen LogP contribution is 2.47. The molecule has 20 heavy (non-hydrogen) atoms. The highest BCUT2D eigenvalue weighted by molar-refractivity contribution is 7.13. The Balaban J connectivity index is 1.76. The maximum atomic E-state index is 5.41. The molecule has 1 saturated carbocycles. The van der Waals surface area contributed by atoms with E-state index in [9.17, 15) is 0 Å². The van der Waals surface area contributed by atoms with E-state index in [4.69, 9.17) is 4.52 Å². The smallest absolute Gasteiger partial charge is 0.269 e. The Morgan fingerprint density at radius 2 is 2.00 bits per heavy atom. The van der Waals surface area contributed by atoms with Crippen LogP contribution in [0.25, 0.3) is 10.8 Å². The molecule has 1 fully saturated rings. The van der Waals surface area contributed by atoms with Gasteiger partial charge in [-0.25, -0.2) is 0 Å². The molecule has 0 unspecified atom stereocenters. The van der Waals surface area contributed by atoms with Crippen LogP contribution in [0.3, 0.4) is 0 Å². The fourth-order valence-corrected chi connectivity index (χ4v) is 3.22. The third-order valence-corrected chi connectivity index (χ3v) is 4.70. The number of rotatable bonds is 3.